The number of Topliss-reactive ketones (excluding diaryl/α,β-unsaturated/α-hetero) is 1. The lowest BCUT2D eigenvalue weighted by Crippen LogP contribution is -2.53. The minimum atomic E-state index is -5.00. The molecule has 2 fully saturated rings. The van der Waals surface area contributed by atoms with Crippen molar-refractivity contribution in [2.75, 3.05) is 26.2 Å². The molecule has 6 nitrogen and oxygen atoms in total. The van der Waals surface area contributed by atoms with Gasteiger partial charge < -0.3 is 10.1 Å². The molecule has 1 aromatic rings. The van der Waals surface area contributed by atoms with E-state index in [1.165, 1.54) is 4.31 Å². The third kappa shape index (κ3) is 3.31. The van der Waals surface area contributed by atoms with Crippen LogP contribution < -0.4 is 5.32 Å². The maximum atomic E-state index is 12.9. The number of nitrogens with zero attached hydrogens (tertiary/aromatic N) is 1. The summed E-state index contributed by atoms with van der Waals surface area (Å²) in [7, 11) is -3.94. The summed E-state index contributed by atoms with van der Waals surface area (Å²) >= 11 is 0. The van der Waals surface area contributed by atoms with Crippen molar-refractivity contribution in [3.63, 3.8) is 0 Å². The molecule has 2 heterocycles. The molecular weight excluding hydrogens is 361 g/mol. The average Bonchev–Trinajstić information content (AvgIpc) is 2.98. The molecule has 3 rings (SSSR count). The van der Waals surface area contributed by atoms with Gasteiger partial charge in [0.15, 0.2) is 0 Å². The highest BCUT2D eigenvalue weighted by atomic mass is 32.2. The molecule has 1 N–H and O–H groups in total. The maximum Gasteiger partial charge on any atom is 0.454 e. The summed E-state index contributed by atoms with van der Waals surface area (Å²) in [5.74, 6) is -2.00. The van der Waals surface area contributed by atoms with Crippen molar-refractivity contribution >= 4 is 15.8 Å². The van der Waals surface area contributed by atoms with Gasteiger partial charge in [-0.15, -0.1) is 0 Å². The fraction of sp³-hybridized carbons (Fsp3) is 0.533. The lowest BCUT2D eigenvalue weighted by atomic mass is 10.0. The molecule has 2 aliphatic heterocycles. The van der Waals surface area contributed by atoms with Gasteiger partial charge in [0.1, 0.15) is 5.72 Å². The molecule has 0 aromatic heterocycles. The first-order valence-corrected chi connectivity index (χ1v) is 9.20. The second kappa shape index (κ2) is 6.35. The molecule has 0 atom stereocenters. The predicted molar refractivity (Wildman–Crippen MR) is 81.5 cm³/mol. The highest BCUT2D eigenvalue weighted by molar-refractivity contribution is 7.89. The summed E-state index contributed by atoms with van der Waals surface area (Å²) in [5.41, 5.74) is -1.51. The molecule has 0 amide bonds. The number of sulfonamides is 1. The number of halogens is 3. The Kier molecular flexibility index (Phi) is 4.65. The van der Waals surface area contributed by atoms with Crippen molar-refractivity contribution in [1.82, 2.24) is 9.62 Å². The van der Waals surface area contributed by atoms with Crippen LogP contribution >= 0.6 is 0 Å². The monoisotopic (exact) mass is 378 g/mol. The van der Waals surface area contributed by atoms with E-state index in [0.717, 1.165) is 24.3 Å². The number of hydrogen-bond acceptors (Lipinski definition) is 5. The second-order valence-corrected chi connectivity index (χ2v) is 7.84. The minimum Gasteiger partial charge on any atom is -0.358 e. The molecule has 0 bridgehead atoms. The molecule has 2 saturated heterocycles. The lowest BCUT2D eigenvalue weighted by Gasteiger charge is -2.39. The summed E-state index contributed by atoms with van der Waals surface area (Å²) < 4.78 is 70.2. The van der Waals surface area contributed by atoms with Crippen molar-refractivity contribution in [3.05, 3.63) is 29.8 Å². The smallest absolute Gasteiger partial charge is 0.358 e. The fourth-order valence-corrected chi connectivity index (χ4v) is 4.94. The van der Waals surface area contributed by atoms with Crippen molar-refractivity contribution in [2.24, 2.45) is 0 Å². The molecular formula is C15H17F3N2O4S. The highest BCUT2D eigenvalue weighted by Crippen LogP contribution is 2.36. The second-order valence-electron chi connectivity index (χ2n) is 5.97. The number of alkyl halides is 3. The van der Waals surface area contributed by atoms with Crippen LogP contribution in [0, 0.1) is 0 Å². The van der Waals surface area contributed by atoms with Crippen LogP contribution in [-0.2, 0) is 14.8 Å². The van der Waals surface area contributed by atoms with Gasteiger partial charge in [-0.1, -0.05) is 0 Å². The standard InChI is InChI=1S/C15H17F3N2O4S/c16-15(17,18)13(21)11-1-3-12(4-2-11)25(22,23)20-9-10-24-14(20)5-7-19-8-6-14/h1-4,19H,5-10H2. The Morgan fingerprint density at radius 2 is 1.76 bits per heavy atom. The highest BCUT2D eigenvalue weighted by Gasteiger charge is 2.49. The molecule has 0 radical (unpaired) electrons. The zero-order valence-electron chi connectivity index (χ0n) is 13.2. The quantitative estimate of drug-likeness (QED) is 0.808. The fourth-order valence-electron chi connectivity index (χ4n) is 3.21. The molecule has 0 saturated carbocycles. The Balaban J connectivity index is 1.89. The van der Waals surface area contributed by atoms with Crippen LogP contribution in [0.4, 0.5) is 13.2 Å². The van der Waals surface area contributed by atoms with Crippen molar-refractivity contribution < 1.29 is 31.1 Å². The Bertz CT molecular complexity index is 756. The number of piperidine rings is 1. The minimum absolute atomic E-state index is 0.158. The van der Waals surface area contributed by atoms with Gasteiger partial charge >= 0.3 is 6.18 Å². The van der Waals surface area contributed by atoms with Gasteiger partial charge in [0.25, 0.3) is 5.78 Å². The molecule has 1 spiro atoms. The van der Waals surface area contributed by atoms with Crippen LogP contribution in [0.3, 0.4) is 0 Å². The number of ketones is 1. The molecule has 138 valence electrons. The van der Waals surface area contributed by atoms with Crippen LogP contribution in [0.5, 0.6) is 0 Å². The van der Waals surface area contributed by atoms with Gasteiger partial charge in [0.05, 0.1) is 11.5 Å². The Labute approximate surface area is 143 Å². The summed E-state index contributed by atoms with van der Waals surface area (Å²) in [5, 5.41) is 3.14. The maximum absolute atomic E-state index is 12.9. The molecule has 0 aliphatic carbocycles. The average molecular weight is 378 g/mol. The van der Waals surface area contributed by atoms with E-state index in [1.807, 2.05) is 0 Å². The summed E-state index contributed by atoms with van der Waals surface area (Å²) in [4.78, 5) is 11.1. The van der Waals surface area contributed by atoms with E-state index in [0.29, 0.717) is 25.9 Å². The summed E-state index contributed by atoms with van der Waals surface area (Å²) in [6, 6.07) is 3.83. The molecule has 25 heavy (non-hydrogen) atoms. The third-order valence-corrected chi connectivity index (χ3v) is 6.43. The van der Waals surface area contributed by atoms with E-state index in [-0.39, 0.29) is 18.0 Å². The summed E-state index contributed by atoms with van der Waals surface area (Å²) in [6.07, 6.45) is -4.00. The third-order valence-electron chi connectivity index (χ3n) is 4.47. The van der Waals surface area contributed by atoms with Crippen LogP contribution in [0.2, 0.25) is 0 Å². The zero-order valence-corrected chi connectivity index (χ0v) is 14.0. The number of nitrogens with one attached hydrogen (secondary N) is 1. The first-order valence-electron chi connectivity index (χ1n) is 7.76. The first kappa shape index (κ1) is 18.3. The topological polar surface area (TPSA) is 75.7 Å². The van der Waals surface area contributed by atoms with Gasteiger partial charge in [-0.05, 0) is 37.4 Å². The van der Waals surface area contributed by atoms with Gasteiger partial charge in [0.2, 0.25) is 10.0 Å². The predicted octanol–water partition coefficient (Wildman–Crippen LogP) is 1.53. The van der Waals surface area contributed by atoms with E-state index >= 15 is 0 Å². The van der Waals surface area contributed by atoms with Gasteiger partial charge in [-0.3, -0.25) is 4.79 Å². The van der Waals surface area contributed by atoms with Gasteiger partial charge in [-0.2, -0.15) is 17.5 Å². The number of carbonyl (C=O) groups excluding carboxylic acids is 1. The van der Waals surface area contributed by atoms with E-state index in [2.05, 4.69) is 5.32 Å². The van der Waals surface area contributed by atoms with E-state index in [1.54, 1.807) is 0 Å². The van der Waals surface area contributed by atoms with Gasteiger partial charge in [0, 0.05) is 24.9 Å². The van der Waals surface area contributed by atoms with Crippen LogP contribution in [0.1, 0.15) is 23.2 Å². The molecule has 10 heteroatoms. The number of carbonyl (C=O) groups is 1. The van der Waals surface area contributed by atoms with Crippen molar-refractivity contribution in [1.29, 1.82) is 0 Å². The normalized spacial score (nSPS) is 21.6. The number of rotatable bonds is 3. The van der Waals surface area contributed by atoms with E-state index in [4.69, 9.17) is 4.74 Å². The molecule has 0 unspecified atom stereocenters. The Hall–Kier alpha value is -1.49. The van der Waals surface area contributed by atoms with E-state index < -0.39 is 33.3 Å². The lowest BCUT2D eigenvalue weighted by molar-refractivity contribution is -0.0885. The van der Waals surface area contributed by atoms with Crippen molar-refractivity contribution in [2.45, 2.75) is 29.6 Å². The van der Waals surface area contributed by atoms with Crippen LogP contribution in [0.15, 0.2) is 29.2 Å². The largest absolute Gasteiger partial charge is 0.454 e. The van der Waals surface area contributed by atoms with Gasteiger partial charge in [-0.25, -0.2) is 8.42 Å². The van der Waals surface area contributed by atoms with Crippen LogP contribution in [0.25, 0.3) is 0 Å². The number of benzene rings is 1. The van der Waals surface area contributed by atoms with E-state index in [9.17, 15) is 26.4 Å². The first-order chi connectivity index (χ1) is 11.7. The molecule has 2 aliphatic rings. The number of ether oxygens (including phenoxy) is 1. The number of hydrogen-bond donors (Lipinski definition) is 1. The zero-order chi connectivity index (χ0) is 18.3. The van der Waals surface area contributed by atoms with Crippen molar-refractivity contribution in [3.8, 4) is 0 Å². The summed E-state index contributed by atoms with van der Waals surface area (Å²) in [6.45, 7) is 1.69. The molecule has 1 aromatic carbocycles. The Morgan fingerprint density at radius 1 is 1.16 bits per heavy atom. The van der Waals surface area contributed by atoms with Crippen LogP contribution in [-0.4, -0.2) is 56.6 Å². The SMILES string of the molecule is O=C(c1ccc(S(=O)(=O)N2CCOC23CCNCC3)cc1)C(F)(F)F. The Morgan fingerprint density at radius 3 is 2.32 bits per heavy atom.